The summed E-state index contributed by atoms with van der Waals surface area (Å²) in [5, 5.41) is 8.53. The predicted molar refractivity (Wildman–Crippen MR) is 50.8 cm³/mol. The molecule has 0 saturated carbocycles. The molecule has 0 radical (unpaired) electrons. The Kier molecular flexibility index (Phi) is 3.98. The third-order valence-electron chi connectivity index (χ3n) is 2.66. The highest BCUT2D eigenvalue weighted by atomic mass is 19.3. The van der Waals surface area contributed by atoms with Gasteiger partial charge in [-0.2, -0.15) is 0 Å². The lowest BCUT2D eigenvalue weighted by molar-refractivity contribution is -0.138. The second-order valence-corrected chi connectivity index (χ2v) is 3.93. The van der Waals surface area contributed by atoms with E-state index in [4.69, 9.17) is 10.8 Å². The highest BCUT2D eigenvalue weighted by Gasteiger charge is 2.33. The van der Waals surface area contributed by atoms with Gasteiger partial charge in [-0.3, -0.25) is 4.79 Å². The summed E-state index contributed by atoms with van der Waals surface area (Å²) in [4.78, 5) is 12.2. The molecule has 1 fully saturated rings. The van der Waals surface area contributed by atoms with Crippen molar-refractivity contribution in [3.8, 4) is 0 Å². The van der Waals surface area contributed by atoms with Gasteiger partial charge in [0.25, 0.3) is 5.92 Å². The average Bonchev–Trinajstić information content (AvgIpc) is 2.15. The van der Waals surface area contributed by atoms with E-state index in [0.29, 0.717) is 26.1 Å². The van der Waals surface area contributed by atoms with E-state index < -0.39 is 17.9 Å². The van der Waals surface area contributed by atoms with Gasteiger partial charge < -0.3 is 15.7 Å². The number of likely N-dealkylation sites (tertiary alicyclic amines) is 1. The van der Waals surface area contributed by atoms with E-state index in [0.717, 1.165) is 0 Å². The van der Waals surface area contributed by atoms with Gasteiger partial charge in [0.1, 0.15) is 6.04 Å². The molecule has 1 aliphatic rings. The summed E-state index contributed by atoms with van der Waals surface area (Å²) in [7, 11) is 0. The monoisotopic (exact) mass is 222 g/mol. The van der Waals surface area contributed by atoms with Gasteiger partial charge in [-0.25, -0.2) is 8.78 Å². The lowest BCUT2D eigenvalue weighted by Gasteiger charge is -2.31. The Bertz CT molecular complexity index is 226. The van der Waals surface area contributed by atoms with Gasteiger partial charge in [-0.1, -0.05) is 0 Å². The molecule has 3 N–H and O–H groups in total. The average molecular weight is 222 g/mol. The molecule has 15 heavy (non-hydrogen) atoms. The third kappa shape index (κ3) is 4.09. The molecular weight excluding hydrogens is 206 g/mol. The van der Waals surface area contributed by atoms with Crippen molar-refractivity contribution < 1.29 is 18.7 Å². The van der Waals surface area contributed by atoms with E-state index in [-0.39, 0.29) is 12.8 Å². The minimum absolute atomic E-state index is 0.144. The Morgan fingerprint density at radius 1 is 1.47 bits per heavy atom. The number of carbonyl (C=O) groups is 1. The van der Waals surface area contributed by atoms with Crippen LogP contribution >= 0.6 is 0 Å². The number of aliphatic carboxylic acids is 1. The smallest absolute Gasteiger partial charge is 0.320 e. The third-order valence-corrected chi connectivity index (χ3v) is 2.66. The maximum absolute atomic E-state index is 12.8. The number of hydrogen-bond donors (Lipinski definition) is 2. The molecule has 4 nitrogen and oxygen atoms in total. The Morgan fingerprint density at radius 3 is 2.47 bits per heavy atom. The quantitative estimate of drug-likeness (QED) is 0.727. The largest absolute Gasteiger partial charge is 0.480 e. The van der Waals surface area contributed by atoms with E-state index in [1.165, 1.54) is 0 Å². The van der Waals surface area contributed by atoms with Crippen LogP contribution in [0.4, 0.5) is 8.78 Å². The number of hydrogen-bond acceptors (Lipinski definition) is 3. The van der Waals surface area contributed by atoms with Crippen LogP contribution in [-0.2, 0) is 4.79 Å². The van der Waals surface area contributed by atoms with Gasteiger partial charge in [-0.15, -0.1) is 0 Å². The van der Waals surface area contributed by atoms with Crippen LogP contribution in [0.2, 0.25) is 0 Å². The lowest BCUT2D eigenvalue weighted by atomic mass is 10.1. The first-order valence-electron chi connectivity index (χ1n) is 4.99. The van der Waals surface area contributed by atoms with Crippen molar-refractivity contribution in [1.82, 2.24) is 4.90 Å². The van der Waals surface area contributed by atoms with Gasteiger partial charge in [0, 0.05) is 32.5 Å². The summed E-state index contributed by atoms with van der Waals surface area (Å²) in [5.74, 6) is -3.59. The zero-order valence-electron chi connectivity index (χ0n) is 8.46. The molecule has 6 heteroatoms. The summed E-state index contributed by atoms with van der Waals surface area (Å²) in [6.45, 7) is 1.11. The lowest BCUT2D eigenvalue weighted by Crippen LogP contribution is -2.42. The maximum Gasteiger partial charge on any atom is 0.320 e. The molecule has 1 saturated heterocycles. The zero-order valence-corrected chi connectivity index (χ0v) is 8.46. The second kappa shape index (κ2) is 4.85. The van der Waals surface area contributed by atoms with Crippen molar-refractivity contribution in [3.05, 3.63) is 0 Å². The molecule has 0 bridgehead atoms. The number of rotatable bonds is 4. The Labute approximate surface area is 87.0 Å². The first-order chi connectivity index (χ1) is 6.91. The number of nitrogens with zero attached hydrogens (tertiary/aromatic N) is 1. The van der Waals surface area contributed by atoms with Crippen molar-refractivity contribution in [2.75, 3.05) is 19.6 Å². The van der Waals surface area contributed by atoms with E-state index >= 15 is 0 Å². The van der Waals surface area contributed by atoms with Gasteiger partial charge in [-0.05, 0) is 6.42 Å². The number of piperidine rings is 1. The molecule has 0 aromatic carbocycles. The second-order valence-electron chi connectivity index (χ2n) is 3.93. The molecule has 0 aliphatic carbocycles. The molecule has 0 amide bonds. The van der Waals surface area contributed by atoms with Gasteiger partial charge in [0.05, 0.1) is 0 Å². The number of carboxylic acids is 1. The van der Waals surface area contributed by atoms with E-state index in [1.807, 2.05) is 4.90 Å². The van der Waals surface area contributed by atoms with Crippen molar-refractivity contribution in [2.24, 2.45) is 5.73 Å². The van der Waals surface area contributed by atoms with Crippen molar-refractivity contribution >= 4 is 5.97 Å². The predicted octanol–water partition coefficient (Wildman–Crippen LogP) is 0.520. The van der Waals surface area contributed by atoms with Crippen LogP contribution in [0.25, 0.3) is 0 Å². The Morgan fingerprint density at radius 2 is 2.00 bits per heavy atom. The van der Waals surface area contributed by atoms with Gasteiger partial charge in [0.15, 0.2) is 0 Å². The molecule has 1 atom stereocenters. The molecule has 1 rings (SSSR count). The molecule has 0 aromatic rings. The first-order valence-corrected chi connectivity index (χ1v) is 4.99. The van der Waals surface area contributed by atoms with E-state index in [2.05, 4.69) is 0 Å². The number of carboxylic acid groups (broad SMARTS) is 1. The Hall–Kier alpha value is -0.750. The molecule has 0 aromatic heterocycles. The SMILES string of the molecule is NC(CCN1CCC(F)(F)CC1)C(=O)O. The highest BCUT2D eigenvalue weighted by Crippen LogP contribution is 2.27. The van der Waals surface area contributed by atoms with Crippen LogP contribution in [-0.4, -0.2) is 47.6 Å². The van der Waals surface area contributed by atoms with Crippen LogP contribution in [0.5, 0.6) is 0 Å². The van der Waals surface area contributed by atoms with Crippen LogP contribution < -0.4 is 5.73 Å². The fraction of sp³-hybridized carbons (Fsp3) is 0.889. The van der Waals surface area contributed by atoms with Crippen molar-refractivity contribution in [3.63, 3.8) is 0 Å². The molecule has 0 spiro atoms. The minimum atomic E-state index is -2.55. The number of nitrogens with two attached hydrogens (primary N) is 1. The van der Waals surface area contributed by atoms with E-state index in [9.17, 15) is 13.6 Å². The maximum atomic E-state index is 12.8. The Balaban J connectivity index is 2.22. The highest BCUT2D eigenvalue weighted by molar-refractivity contribution is 5.72. The minimum Gasteiger partial charge on any atom is -0.480 e. The summed E-state index contributed by atoms with van der Waals surface area (Å²) in [5.41, 5.74) is 5.31. The number of alkyl halides is 2. The molecule has 1 unspecified atom stereocenters. The summed E-state index contributed by atoms with van der Waals surface area (Å²) in [6.07, 6.45) is 0.0194. The van der Waals surface area contributed by atoms with Gasteiger partial charge >= 0.3 is 5.97 Å². The van der Waals surface area contributed by atoms with Crippen molar-refractivity contribution in [2.45, 2.75) is 31.2 Å². The van der Waals surface area contributed by atoms with Crippen LogP contribution in [0.3, 0.4) is 0 Å². The van der Waals surface area contributed by atoms with Crippen LogP contribution in [0.15, 0.2) is 0 Å². The normalized spacial score (nSPS) is 23.7. The van der Waals surface area contributed by atoms with Crippen LogP contribution in [0.1, 0.15) is 19.3 Å². The standard InChI is InChI=1S/C9H16F2N2O2/c10-9(11)2-5-13(6-3-9)4-1-7(12)8(14)15/h7H,1-6,12H2,(H,14,15). The zero-order chi connectivity index (χ0) is 11.5. The number of halogens is 2. The fourth-order valence-electron chi connectivity index (χ4n) is 1.55. The summed E-state index contributed by atoms with van der Waals surface area (Å²) < 4.78 is 25.5. The first kappa shape index (κ1) is 12.3. The molecule has 1 heterocycles. The molecular formula is C9H16F2N2O2. The van der Waals surface area contributed by atoms with Crippen molar-refractivity contribution in [1.29, 1.82) is 0 Å². The summed E-state index contributed by atoms with van der Waals surface area (Å²) in [6, 6.07) is -0.896. The van der Waals surface area contributed by atoms with Gasteiger partial charge in [0.2, 0.25) is 0 Å². The molecule has 1 aliphatic heterocycles. The summed E-state index contributed by atoms with van der Waals surface area (Å²) >= 11 is 0. The van der Waals surface area contributed by atoms with E-state index in [1.54, 1.807) is 0 Å². The molecule has 88 valence electrons. The fourth-order valence-corrected chi connectivity index (χ4v) is 1.55. The van der Waals surface area contributed by atoms with Crippen LogP contribution in [0, 0.1) is 0 Å². The topological polar surface area (TPSA) is 66.6 Å².